The molecule has 0 spiro atoms. The van der Waals surface area contributed by atoms with E-state index in [0.29, 0.717) is 11.4 Å². The van der Waals surface area contributed by atoms with E-state index >= 15 is 0 Å². The molecule has 1 aliphatic heterocycles. The first kappa shape index (κ1) is 19.7. The number of carbonyl (C=O) groups is 4. The Morgan fingerprint density at radius 1 is 1.00 bits per heavy atom. The third kappa shape index (κ3) is 4.32. The Labute approximate surface area is 155 Å². The fraction of sp³-hybridized carbons (Fsp3) is 0.222. The fourth-order valence-electron chi connectivity index (χ4n) is 2.32. The van der Waals surface area contributed by atoms with Crippen LogP contribution in [0.15, 0.2) is 47.2 Å². The summed E-state index contributed by atoms with van der Waals surface area (Å²) in [7, 11) is 2.18. The molecule has 1 aromatic rings. The van der Waals surface area contributed by atoms with E-state index in [1.54, 1.807) is 31.2 Å². The van der Waals surface area contributed by atoms with Crippen molar-refractivity contribution in [1.82, 2.24) is 0 Å². The summed E-state index contributed by atoms with van der Waals surface area (Å²) in [5, 5.41) is 5.41. The van der Waals surface area contributed by atoms with Crippen LogP contribution in [0.5, 0.6) is 0 Å². The molecule has 1 heterocycles. The lowest BCUT2D eigenvalue weighted by molar-refractivity contribution is -0.141. The second-order valence-electron chi connectivity index (χ2n) is 5.17. The Bertz CT molecular complexity index is 855. The van der Waals surface area contributed by atoms with Crippen LogP contribution < -0.4 is 10.6 Å². The molecule has 0 radical (unpaired) electrons. The van der Waals surface area contributed by atoms with Crippen LogP contribution in [0.3, 0.4) is 0 Å². The number of fused-ring (bicyclic) bond motifs is 1. The zero-order valence-corrected chi connectivity index (χ0v) is 15.0. The predicted octanol–water partition coefficient (Wildman–Crippen LogP) is 1.14. The Balaban J connectivity index is 2.69. The molecule has 0 fully saturated rings. The van der Waals surface area contributed by atoms with E-state index in [2.05, 4.69) is 20.1 Å². The fourth-order valence-corrected chi connectivity index (χ4v) is 2.32. The summed E-state index contributed by atoms with van der Waals surface area (Å²) < 4.78 is 14.1. The number of ether oxygens (including phenoxy) is 3. The average Bonchev–Trinajstić information content (AvgIpc) is 2.67. The van der Waals surface area contributed by atoms with Crippen molar-refractivity contribution in [1.29, 1.82) is 0 Å². The molecule has 1 aromatic carbocycles. The molecule has 0 saturated heterocycles. The molecule has 0 unspecified atom stereocenters. The summed E-state index contributed by atoms with van der Waals surface area (Å²) in [4.78, 5) is 49.0. The normalized spacial score (nSPS) is 14.9. The van der Waals surface area contributed by atoms with Crippen LogP contribution in [0.1, 0.15) is 6.92 Å². The molecule has 27 heavy (non-hydrogen) atoms. The van der Waals surface area contributed by atoms with Gasteiger partial charge in [-0.3, -0.25) is 4.79 Å². The molecule has 2 N–H and O–H groups in total. The van der Waals surface area contributed by atoms with E-state index in [0.717, 1.165) is 20.3 Å². The summed E-state index contributed by atoms with van der Waals surface area (Å²) >= 11 is 0. The van der Waals surface area contributed by atoms with Crippen molar-refractivity contribution in [2.24, 2.45) is 0 Å². The minimum Gasteiger partial charge on any atom is -0.466 e. The van der Waals surface area contributed by atoms with E-state index in [-0.39, 0.29) is 12.3 Å². The number of hydrogen-bond acceptors (Lipinski definition) is 8. The SMILES string of the molecule is CCOC(=O)C(=C1\Nc2ccccc2NC1=O)/C(=C\C(=O)OC)C(=O)OC. The Morgan fingerprint density at radius 2 is 1.63 bits per heavy atom. The highest BCUT2D eigenvalue weighted by Crippen LogP contribution is 2.30. The van der Waals surface area contributed by atoms with Crippen molar-refractivity contribution < 1.29 is 33.4 Å². The molecule has 1 aliphatic rings. The van der Waals surface area contributed by atoms with Crippen LogP contribution in [0.4, 0.5) is 11.4 Å². The van der Waals surface area contributed by atoms with Gasteiger partial charge in [0, 0.05) is 6.08 Å². The first-order chi connectivity index (χ1) is 12.9. The molecule has 1 amide bonds. The summed E-state index contributed by atoms with van der Waals surface area (Å²) in [5.74, 6) is -3.58. The van der Waals surface area contributed by atoms with Gasteiger partial charge in [-0.1, -0.05) is 12.1 Å². The van der Waals surface area contributed by atoms with Gasteiger partial charge in [0.1, 0.15) is 11.3 Å². The first-order valence-corrected chi connectivity index (χ1v) is 7.90. The monoisotopic (exact) mass is 374 g/mol. The Morgan fingerprint density at radius 3 is 2.19 bits per heavy atom. The molecule has 9 nitrogen and oxygen atoms in total. The van der Waals surface area contributed by atoms with Crippen LogP contribution in [-0.2, 0) is 33.4 Å². The standard InChI is InChI=1S/C18H18N2O7/c1-4-27-18(24)14(10(17(23)26-3)9-13(21)25-2)15-16(22)20-12-8-6-5-7-11(12)19-15/h5-9,19H,4H2,1-3H3,(H,20,22)/b10-9+,15-14-. The lowest BCUT2D eigenvalue weighted by Crippen LogP contribution is -2.31. The number of benzene rings is 1. The first-order valence-electron chi connectivity index (χ1n) is 7.90. The van der Waals surface area contributed by atoms with Crippen LogP contribution >= 0.6 is 0 Å². The maximum atomic E-state index is 12.5. The number of nitrogens with one attached hydrogen (secondary N) is 2. The molecule has 0 atom stereocenters. The van der Waals surface area contributed by atoms with E-state index < -0.39 is 35.0 Å². The number of esters is 3. The molecular formula is C18H18N2O7. The van der Waals surface area contributed by atoms with Gasteiger partial charge < -0.3 is 24.8 Å². The second-order valence-corrected chi connectivity index (χ2v) is 5.17. The van der Waals surface area contributed by atoms with Gasteiger partial charge in [-0.25, -0.2) is 14.4 Å². The highest BCUT2D eigenvalue weighted by Gasteiger charge is 2.33. The molecular weight excluding hydrogens is 356 g/mol. The van der Waals surface area contributed by atoms with E-state index in [4.69, 9.17) is 4.74 Å². The van der Waals surface area contributed by atoms with Crippen molar-refractivity contribution in [3.63, 3.8) is 0 Å². The van der Waals surface area contributed by atoms with Crippen LogP contribution in [-0.4, -0.2) is 44.6 Å². The van der Waals surface area contributed by atoms with Gasteiger partial charge in [-0.15, -0.1) is 0 Å². The van der Waals surface area contributed by atoms with Crippen molar-refractivity contribution in [2.75, 3.05) is 31.5 Å². The van der Waals surface area contributed by atoms with Crippen molar-refractivity contribution >= 4 is 35.2 Å². The molecule has 0 saturated carbocycles. The second kappa shape index (κ2) is 8.65. The molecule has 142 valence electrons. The zero-order chi connectivity index (χ0) is 20.0. The lowest BCUT2D eigenvalue weighted by atomic mass is 10.0. The largest absolute Gasteiger partial charge is 0.466 e. The highest BCUT2D eigenvalue weighted by molar-refractivity contribution is 6.20. The number of anilines is 2. The summed E-state index contributed by atoms with van der Waals surface area (Å²) in [6.45, 7) is 1.55. The molecule has 0 bridgehead atoms. The van der Waals surface area contributed by atoms with Gasteiger partial charge in [0.15, 0.2) is 0 Å². The molecule has 0 aliphatic carbocycles. The van der Waals surface area contributed by atoms with Gasteiger partial charge in [0.05, 0.1) is 37.8 Å². The maximum absolute atomic E-state index is 12.5. The lowest BCUT2D eigenvalue weighted by Gasteiger charge is -2.23. The molecule has 0 aromatic heterocycles. The zero-order valence-electron chi connectivity index (χ0n) is 15.0. The number of hydrogen-bond donors (Lipinski definition) is 2. The number of carbonyl (C=O) groups excluding carboxylic acids is 4. The number of rotatable bonds is 5. The number of methoxy groups -OCH3 is 2. The van der Waals surface area contributed by atoms with Gasteiger partial charge >= 0.3 is 17.9 Å². The van der Waals surface area contributed by atoms with Gasteiger partial charge in [0.2, 0.25) is 0 Å². The average molecular weight is 374 g/mol. The topological polar surface area (TPSA) is 120 Å². The van der Waals surface area contributed by atoms with Crippen LogP contribution in [0.25, 0.3) is 0 Å². The number of amides is 1. The van der Waals surface area contributed by atoms with E-state index in [1.165, 1.54) is 0 Å². The quantitative estimate of drug-likeness (QED) is 0.447. The maximum Gasteiger partial charge on any atom is 0.341 e. The van der Waals surface area contributed by atoms with E-state index in [1.807, 2.05) is 0 Å². The van der Waals surface area contributed by atoms with Crippen LogP contribution in [0.2, 0.25) is 0 Å². The van der Waals surface area contributed by atoms with Crippen LogP contribution in [0, 0.1) is 0 Å². The smallest absolute Gasteiger partial charge is 0.341 e. The highest BCUT2D eigenvalue weighted by atomic mass is 16.5. The molecule has 2 rings (SSSR count). The minimum absolute atomic E-state index is 0.0134. The third-order valence-corrected chi connectivity index (χ3v) is 3.53. The van der Waals surface area contributed by atoms with Gasteiger partial charge in [-0.05, 0) is 19.1 Å². The van der Waals surface area contributed by atoms with Gasteiger partial charge in [0.25, 0.3) is 5.91 Å². The predicted molar refractivity (Wildman–Crippen MR) is 94.5 cm³/mol. The summed E-state index contributed by atoms with van der Waals surface area (Å²) in [5.41, 5.74) is -0.184. The van der Waals surface area contributed by atoms with Crippen molar-refractivity contribution in [2.45, 2.75) is 6.92 Å². The molecule has 9 heteroatoms. The van der Waals surface area contributed by atoms with E-state index in [9.17, 15) is 19.2 Å². The summed E-state index contributed by atoms with van der Waals surface area (Å²) in [6.07, 6.45) is 0.764. The third-order valence-electron chi connectivity index (χ3n) is 3.53. The Kier molecular flexibility index (Phi) is 6.32. The van der Waals surface area contributed by atoms with Crippen molar-refractivity contribution in [3.05, 3.63) is 47.2 Å². The van der Waals surface area contributed by atoms with Crippen molar-refractivity contribution in [3.8, 4) is 0 Å². The summed E-state index contributed by atoms with van der Waals surface area (Å²) in [6, 6.07) is 6.77. The van der Waals surface area contributed by atoms with Gasteiger partial charge in [-0.2, -0.15) is 0 Å². The number of para-hydroxylation sites is 2. The Hall–Kier alpha value is -3.62. The minimum atomic E-state index is -1.01.